The van der Waals surface area contributed by atoms with Crippen LogP contribution in [-0.2, 0) is 42.1 Å². The number of benzene rings is 1. The lowest BCUT2D eigenvalue weighted by atomic mass is 9.96. The second-order valence-corrected chi connectivity index (χ2v) is 10.6. The third-order valence-corrected chi connectivity index (χ3v) is 8.50. The first kappa shape index (κ1) is 20.1. The highest BCUT2D eigenvalue weighted by Gasteiger charge is 2.31. The van der Waals surface area contributed by atoms with Gasteiger partial charge in [0.1, 0.15) is 5.76 Å². The van der Waals surface area contributed by atoms with Gasteiger partial charge in [-0.15, -0.1) is 0 Å². The van der Waals surface area contributed by atoms with Gasteiger partial charge in [0.2, 0.25) is 5.09 Å². The molecule has 0 radical (unpaired) electrons. The fraction of sp³-hybridized carbons (Fsp3) is 0.476. The van der Waals surface area contributed by atoms with Crippen LogP contribution in [-0.4, -0.2) is 19.6 Å². The summed E-state index contributed by atoms with van der Waals surface area (Å²) in [7, 11) is -4.18. The molecule has 0 fully saturated rings. The minimum absolute atomic E-state index is 0.338. The van der Waals surface area contributed by atoms with Gasteiger partial charge < -0.3 is 14.8 Å². The van der Waals surface area contributed by atoms with Crippen molar-refractivity contribution >= 4 is 37.7 Å². The zero-order valence-corrected chi connectivity index (χ0v) is 18.8. The number of amides is 2. The molecule has 3 aliphatic rings. The smallest absolute Gasteiger partial charge is 0.333 e. The number of furan rings is 1. The van der Waals surface area contributed by atoms with Crippen molar-refractivity contribution in [1.29, 1.82) is 0 Å². The fourth-order valence-electron chi connectivity index (χ4n) is 4.99. The summed E-state index contributed by atoms with van der Waals surface area (Å²) < 4.78 is 34.1. The number of rotatable bonds is 3. The molecule has 2 amide bonds. The average molecular weight is 495 g/mol. The Hall–Kier alpha value is -1.84. The normalized spacial score (nSPS) is 19.9. The molecule has 0 saturated heterocycles. The third-order valence-electron chi connectivity index (χ3n) is 6.36. The van der Waals surface area contributed by atoms with Crippen molar-refractivity contribution < 1.29 is 22.7 Å². The Morgan fingerprint density at radius 2 is 1.67 bits per heavy atom. The maximum absolute atomic E-state index is 12.7. The Bertz CT molecular complexity index is 1120. The summed E-state index contributed by atoms with van der Waals surface area (Å²) in [6.07, 6.45) is 6.83. The molecule has 1 heterocycles. The second-order valence-electron chi connectivity index (χ2n) is 8.22. The molecule has 0 aliphatic heterocycles. The summed E-state index contributed by atoms with van der Waals surface area (Å²) in [4.78, 5) is 12.7. The summed E-state index contributed by atoms with van der Waals surface area (Å²) in [5, 5.41) is 12.5. The number of nitrogens with one attached hydrogen (secondary N) is 2. The number of hydrogen-bond donors (Lipinski definition) is 3. The quantitative estimate of drug-likeness (QED) is 0.599. The number of aryl methyl sites for hydroxylation is 1. The molecule has 2 aromatic rings. The van der Waals surface area contributed by atoms with Gasteiger partial charge in [0.25, 0.3) is 10.0 Å². The molecular formula is C21H23BrN2O5S. The number of fused-ring (bicyclic) bond motifs is 3. The van der Waals surface area contributed by atoms with E-state index in [0.29, 0.717) is 24.2 Å². The van der Waals surface area contributed by atoms with E-state index in [9.17, 15) is 18.3 Å². The summed E-state index contributed by atoms with van der Waals surface area (Å²) in [5.41, 5.74) is 5.91. The summed E-state index contributed by atoms with van der Waals surface area (Å²) in [6, 6.07) is 0.527. The fourth-order valence-corrected chi connectivity index (χ4v) is 6.75. The van der Waals surface area contributed by atoms with Crippen LogP contribution >= 0.6 is 15.9 Å². The molecule has 1 atom stereocenters. The minimum atomic E-state index is -4.18. The van der Waals surface area contributed by atoms with Crippen molar-refractivity contribution in [2.75, 3.05) is 5.32 Å². The van der Waals surface area contributed by atoms with E-state index in [2.05, 4.69) is 26.0 Å². The standard InChI is InChI=1S/C21H23BrN2O5S/c22-19-11-4-1-6-13(11)20(14-7-2-5-12(14)19)23-21(26)24-30(27,28)18-10-15-16(25)8-3-9-17(15)29-18/h10,16,25H,1-9H2,(H2,23,24,26). The number of carbonyl (C=O) groups is 1. The molecule has 30 heavy (non-hydrogen) atoms. The van der Waals surface area contributed by atoms with Gasteiger partial charge in [-0.05, 0) is 73.6 Å². The van der Waals surface area contributed by atoms with Gasteiger partial charge in [0.15, 0.2) is 0 Å². The molecule has 0 spiro atoms. The lowest BCUT2D eigenvalue weighted by Crippen LogP contribution is -2.34. The zero-order chi connectivity index (χ0) is 21.0. The van der Waals surface area contributed by atoms with Crippen LogP contribution in [0.15, 0.2) is 20.0 Å². The van der Waals surface area contributed by atoms with E-state index in [1.54, 1.807) is 0 Å². The van der Waals surface area contributed by atoms with E-state index in [0.717, 1.165) is 66.2 Å². The lowest BCUT2D eigenvalue weighted by Gasteiger charge is -2.18. The highest BCUT2D eigenvalue weighted by molar-refractivity contribution is 9.10. The Labute approximate surface area is 183 Å². The summed E-state index contributed by atoms with van der Waals surface area (Å²) in [5.74, 6) is 0.470. The molecule has 0 saturated carbocycles. The molecule has 3 N–H and O–H groups in total. The molecule has 3 aliphatic carbocycles. The van der Waals surface area contributed by atoms with Crippen molar-refractivity contribution in [2.24, 2.45) is 0 Å². The van der Waals surface area contributed by atoms with Gasteiger partial charge in [-0.25, -0.2) is 9.52 Å². The summed E-state index contributed by atoms with van der Waals surface area (Å²) in [6.45, 7) is 0. The predicted molar refractivity (Wildman–Crippen MR) is 114 cm³/mol. The van der Waals surface area contributed by atoms with Crippen LogP contribution < -0.4 is 10.0 Å². The predicted octanol–water partition coefficient (Wildman–Crippen LogP) is 3.90. The maximum atomic E-state index is 12.7. The highest BCUT2D eigenvalue weighted by atomic mass is 79.9. The van der Waals surface area contributed by atoms with Gasteiger partial charge in [0, 0.05) is 28.2 Å². The number of hydrogen-bond acceptors (Lipinski definition) is 5. The Morgan fingerprint density at radius 3 is 2.30 bits per heavy atom. The molecule has 1 aromatic heterocycles. The SMILES string of the molecule is O=C(Nc1c2c(c(Br)c3c1CCC3)CCC2)NS(=O)(=O)c1cc2c(o1)CCCC2O. The van der Waals surface area contributed by atoms with Crippen LogP contribution in [0.25, 0.3) is 0 Å². The van der Waals surface area contributed by atoms with Gasteiger partial charge in [-0.1, -0.05) is 15.9 Å². The number of carbonyl (C=O) groups excluding carboxylic acids is 1. The van der Waals surface area contributed by atoms with E-state index in [1.807, 2.05) is 0 Å². The van der Waals surface area contributed by atoms with Crippen molar-refractivity contribution in [3.05, 3.63) is 44.1 Å². The topological polar surface area (TPSA) is 109 Å². The number of aliphatic hydroxyl groups is 1. The largest absolute Gasteiger partial charge is 0.447 e. The first-order valence-corrected chi connectivity index (χ1v) is 12.6. The van der Waals surface area contributed by atoms with Crippen LogP contribution in [0.5, 0.6) is 0 Å². The van der Waals surface area contributed by atoms with Crippen LogP contribution in [0.1, 0.15) is 65.4 Å². The zero-order valence-electron chi connectivity index (χ0n) is 16.4. The lowest BCUT2D eigenvalue weighted by molar-refractivity contribution is 0.152. The number of anilines is 1. The van der Waals surface area contributed by atoms with E-state index in [4.69, 9.17) is 4.42 Å². The molecule has 0 bridgehead atoms. The Morgan fingerprint density at radius 1 is 1.03 bits per heavy atom. The van der Waals surface area contributed by atoms with Gasteiger partial charge in [-0.2, -0.15) is 8.42 Å². The van der Waals surface area contributed by atoms with Crippen molar-refractivity contribution in [3.8, 4) is 0 Å². The molecule has 1 aromatic carbocycles. The monoisotopic (exact) mass is 494 g/mol. The number of aliphatic hydroxyl groups excluding tert-OH is 1. The number of urea groups is 1. The van der Waals surface area contributed by atoms with Gasteiger partial charge in [0.05, 0.1) is 6.10 Å². The average Bonchev–Trinajstić information content (AvgIpc) is 3.43. The van der Waals surface area contributed by atoms with Crippen LogP contribution in [0.4, 0.5) is 10.5 Å². The third kappa shape index (κ3) is 3.27. The molecule has 1 unspecified atom stereocenters. The van der Waals surface area contributed by atoms with Crippen LogP contribution in [0.3, 0.4) is 0 Å². The Kier molecular flexibility index (Phi) is 4.95. The molecule has 5 rings (SSSR count). The minimum Gasteiger partial charge on any atom is -0.447 e. The highest BCUT2D eigenvalue weighted by Crippen LogP contribution is 2.44. The van der Waals surface area contributed by atoms with Crippen molar-refractivity contribution in [3.63, 3.8) is 0 Å². The first-order valence-electron chi connectivity index (χ1n) is 10.3. The van der Waals surface area contributed by atoms with Crippen LogP contribution in [0, 0.1) is 0 Å². The molecule has 7 nitrogen and oxygen atoms in total. The molecular weight excluding hydrogens is 472 g/mol. The van der Waals surface area contributed by atoms with Gasteiger partial charge in [-0.3, -0.25) is 0 Å². The van der Waals surface area contributed by atoms with E-state index >= 15 is 0 Å². The summed E-state index contributed by atoms with van der Waals surface area (Å²) >= 11 is 3.74. The molecule has 9 heteroatoms. The Balaban J connectivity index is 1.41. The number of sulfonamides is 1. The van der Waals surface area contributed by atoms with Gasteiger partial charge >= 0.3 is 6.03 Å². The van der Waals surface area contributed by atoms with Crippen LogP contribution in [0.2, 0.25) is 0 Å². The first-order chi connectivity index (χ1) is 14.3. The maximum Gasteiger partial charge on any atom is 0.333 e. The van der Waals surface area contributed by atoms with Crippen molar-refractivity contribution in [2.45, 2.75) is 69.0 Å². The second kappa shape index (κ2) is 7.39. The van der Waals surface area contributed by atoms with E-state index < -0.39 is 22.2 Å². The van der Waals surface area contributed by atoms with Crippen molar-refractivity contribution in [1.82, 2.24) is 4.72 Å². The van der Waals surface area contributed by atoms with E-state index in [1.165, 1.54) is 17.2 Å². The number of halogens is 1. The van der Waals surface area contributed by atoms with E-state index in [-0.39, 0.29) is 5.09 Å². The molecule has 160 valence electrons.